The number of tetrazole rings is 1. The normalized spacial score (nSPS) is 14.6. The van der Waals surface area contributed by atoms with Crippen LogP contribution < -0.4 is 10.2 Å². The molecule has 0 unspecified atom stereocenters. The van der Waals surface area contributed by atoms with E-state index in [0.717, 1.165) is 37.0 Å². The van der Waals surface area contributed by atoms with E-state index in [2.05, 4.69) is 20.7 Å². The second kappa shape index (κ2) is 10.2. The average molecular weight is 489 g/mol. The van der Waals surface area contributed by atoms with Gasteiger partial charge < -0.3 is 14.2 Å². The third-order valence-corrected chi connectivity index (χ3v) is 6.29. The van der Waals surface area contributed by atoms with E-state index < -0.39 is 6.04 Å². The third kappa shape index (κ3) is 5.07. The van der Waals surface area contributed by atoms with Gasteiger partial charge >= 0.3 is 0 Å². The summed E-state index contributed by atoms with van der Waals surface area (Å²) in [6.45, 7) is 3.56. The first-order chi connectivity index (χ1) is 17.5. The maximum Gasteiger partial charge on any atom is 0.251 e. The zero-order valence-corrected chi connectivity index (χ0v) is 20.3. The Bertz CT molecular complexity index is 1320. The summed E-state index contributed by atoms with van der Waals surface area (Å²) in [7, 11) is 0. The Kier molecular flexibility index (Phi) is 6.66. The highest BCUT2D eigenvalue weighted by atomic mass is 16.3. The van der Waals surface area contributed by atoms with Crippen LogP contribution in [0.15, 0.2) is 63.6 Å². The number of hydrogen-bond donors (Lipinski definition) is 1. The molecule has 0 aliphatic heterocycles. The van der Waals surface area contributed by atoms with Crippen LogP contribution in [0.5, 0.6) is 0 Å². The van der Waals surface area contributed by atoms with Crippen molar-refractivity contribution in [3.05, 3.63) is 71.9 Å². The minimum Gasteiger partial charge on any atom is -0.467 e. The van der Waals surface area contributed by atoms with Gasteiger partial charge in [-0.25, -0.2) is 0 Å². The van der Waals surface area contributed by atoms with Crippen LogP contribution in [0.2, 0.25) is 0 Å². The number of nitrogens with zero attached hydrogens (tertiary/aromatic N) is 5. The van der Waals surface area contributed by atoms with Gasteiger partial charge in [0.05, 0.1) is 6.26 Å². The van der Waals surface area contributed by atoms with Gasteiger partial charge in [-0.1, -0.05) is 30.5 Å². The summed E-state index contributed by atoms with van der Waals surface area (Å²) in [5.74, 6) is 1.16. The number of aromatic nitrogens is 4. The number of aryl methyl sites for hydroxylation is 2. The summed E-state index contributed by atoms with van der Waals surface area (Å²) in [5, 5.41) is 15.5. The molecule has 0 saturated heterocycles. The first-order valence-electron chi connectivity index (χ1n) is 12.0. The van der Waals surface area contributed by atoms with Crippen molar-refractivity contribution in [1.82, 2.24) is 25.5 Å². The summed E-state index contributed by atoms with van der Waals surface area (Å²) >= 11 is 0. The maximum absolute atomic E-state index is 13.8. The van der Waals surface area contributed by atoms with Gasteiger partial charge in [-0.2, -0.15) is 4.80 Å². The lowest BCUT2D eigenvalue weighted by Crippen LogP contribution is -2.47. The number of furan rings is 2. The van der Waals surface area contributed by atoms with Crippen molar-refractivity contribution in [3.63, 3.8) is 0 Å². The molecule has 3 aromatic heterocycles. The van der Waals surface area contributed by atoms with Crippen LogP contribution in [0.3, 0.4) is 0 Å². The predicted molar refractivity (Wildman–Crippen MR) is 131 cm³/mol. The van der Waals surface area contributed by atoms with E-state index in [-0.39, 0.29) is 30.2 Å². The SMILES string of the molecule is Cc1ccc(N(C(=O)Cn2nnc(-c3ccc(C)o3)n2)[C@H](C(=O)NC2CCCC2)c2ccco2)cc1. The summed E-state index contributed by atoms with van der Waals surface area (Å²) in [6.07, 6.45) is 5.50. The molecule has 36 heavy (non-hydrogen) atoms. The fourth-order valence-electron chi connectivity index (χ4n) is 4.47. The minimum atomic E-state index is -0.994. The minimum absolute atomic E-state index is 0.0845. The average Bonchev–Trinajstić information content (AvgIpc) is 3.66. The van der Waals surface area contributed by atoms with Gasteiger partial charge in [0, 0.05) is 11.7 Å². The zero-order chi connectivity index (χ0) is 25.1. The van der Waals surface area contributed by atoms with E-state index in [1.54, 1.807) is 24.3 Å². The Hall–Kier alpha value is -4.21. The monoisotopic (exact) mass is 488 g/mol. The highest BCUT2D eigenvalue weighted by Crippen LogP contribution is 2.30. The highest BCUT2D eigenvalue weighted by Gasteiger charge is 2.36. The Morgan fingerprint density at radius 2 is 1.89 bits per heavy atom. The van der Waals surface area contributed by atoms with Crippen LogP contribution in [0.4, 0.5) is 5.69 Å². The number of rotatable bonds is 8. The molecule has 1 fully saturated rings. The van der Waals surface area contributed by atoms with Gasteiger partial charge in [-0.3, -0.25) is 14.5 Å². The smallest absolute Gasteiger partial charge is 0.251 e. The second-order valence-electron chi connectivity index (χ2n) is 9.06. The van der Waals surface area contributed by atoms with Crippen LogP contribution in [0, 0.1) is 13.8 Å². The number of amides is 2. The summed E-state index contributed by atoms with van der Waals surface area (Å²) in [6, 6.07) is 13.5. The zero-order valence-electron chi connectivity index (χ0n) is 20.3. The Morgan fingerprint density at radius 3 is 2.56 bits per heavy atom. The van der Waals surface area contributed by atoms with Crippen molar-refractivity contribution in [3.8, 4) is 11.6 Å². The van der Waals surface area contributed by atoms with Gasteiger partial charge in [0.15, 0.2) is 11.8 Å². The third-order valence-electron chi connectivity index (χ3n) is 6.29. The molecule has 3 heterocycles. The Morgan fingerprint density at radius 1 is 1.11 bits per heavy atom. The van der Waals surface area contributed by atoms with Crippen molar-refractivity contribution in [1.29, 1.82) is 0 Å². The van der Waals surface area contributed by atoms with Crippen molar-refractivity contribution >= 4 is 17.5 Å². The lowest BCUT2D eigenvalue weighted by atomic mass is 10.1. The molecule has 1 aromatic carbocycles. The standard InChI is InChI=1S/C26H28N6O4/c1-17-9-12-20(13-10-17)32(23(33)16-31-29-25(28-30-31)22-14-11-18(2)36-22)24(21-8-5-15-35-21)26(34)27-19-6-3-4-7-19/h5,8-15,19,24H,3-4,6-7,16H2,1-2H3,(H,27,34)/t24-/m0/s1. The van der Waals surface area contributed by atoms with Crippen molar-refractivity contribution in [2.45, 2.75) is 58.2 Å². The molecule has 0 radical (unpaired) electrons. The van der Waals surface area contributed by atoms with E-state index in [4.69, 9.17) is 8.83 Å². The molecule has 1 atom stereocenters. The van der Waals surface area contributed by atoms with E-state index in [1.165, 1.54) is 16.0 Å². The fraction of sp³-hybridized carbons (Fsp3) is 0.346. The topological polar surface area (TPSA) is 119 Å². The van der Waals surface area contributed by atoms with Crippen LogP contribution in [0.25, 0.3) is 11.6 Å². The molecule has 1 N–H and O–H groups in total. The number of anilines is 1. The van der Waals surface area contributed by atoms with Crippen molar-refractivity contribution in [2.75, 3.05) is 4.90 Å². The summed E-state index contributed by atoms with van der Waals surface area (Å²) < 4.78 is 11.2. The van der Waals surface area contributed by atoms with Crippen molar-refractivity contribution < 1.29 is 18.4 Å². The van der Waals surface area contributed by atoms with E-state index in [9.17, 15) is 9.59 Å². The number of carbonyl (C=O) groups is 2. The molecule has 2 amide bonds. The molecule has 1 aliphatic carbocycles. The molecular formula is C26H28N6O4. The van der Waals surface area contributed by atoms with Crippen LogP contribution in [-0.4, -0.2) is 38.1 Å². The number of carbonyl (C=O) groups excluding carboxylic acids is 2. The van der Waals surface area contributed by atoms with E-state index in [1.807, 2.05) is 38.1 Å². The van der Waals surface area contributed by atoms with Gasteiger partial charge in [0.2, 0.25) is 5.82 Å². The van der Waals surface area contributed by atoms with Crippen LogP contribution in [0.1, 0.15) is 48.8 Å². The quantitative estimate of drug-likeness (QED) is 0.398. The molecule has 5 rings (SSSR count). The molecule has 10 heteroatoms. The maximum atomic E-state index is 13.8. The van der Waals surface area contributed by atoms with Crippen molar-refractivity contribution in [2.24, 2.45) is 0 Å². The molecule has 4 aromatic rings. The van der Waals surface area contributed by atoms with Crippen LogP contribution in [-0.2, 0) is 16.1 Å². The number of hydrogen-bond acceptors (Lipinski definition) is 7. The molecular weight excluding hydrogens is 460 g/mol. The first-order valence-corrected chi connectivity index (χ1v) is 12.0. The molecule has 0 spiro atoms. The molecule has 1 aliphatic rings. The molecule has 1 saturated carbocycles. The van der Waals surface area contributed by atoms with Crippen LogP contribution >= 0.6 is 0 Å². The van der Waals surface area contributed by atoms with Gasteiger partial charge in [0.25, 0.3) is 11.8 Å². The largest absolute Gasteiger partial charge is 0.467 e. The van der Waals surface area contributed by atoms with Gasteiger partial charge in [-0.05, 0) is 68.3 Å². The first kappa shape index (κ1) is 23.5. The number of nitrogens with one attached hydrogen (secondary N) is 1. The Balaban J connectivity index is 1.47. The highest BCUT2D eigenvalue weighted by molar-refractivity contribution is 6.01. The second-order valence-corrected chi connectivity index (χ2v) is 9.06. The molecule has 0 bridgehead atoms. The molecule has 10 nitrogen and oxygen atoms in total. The lowest BCUT2D eigenvalue weighted by molar-refractivity contribution is -0.128. The lowest BCUT2D eigenvalue weighted by Gasteiger charge is -2.30. The van der Waals surface area contributed by atoms with Gasteiger partial charge in [0.1, 0.15) is 18.1 Å². The van der Waals surface area contributed by atoms with E-state index >= 15 is 0 Å². The Labute approximate surface area is 208 Å². The van der Waals surface area contributed by atoms with E-state index in [0.29, 0.717) is 17.2 Å². The van der Waals surface area contributed by atoms with Gasteiger partial charge in [-0.15, -0.1) is 10.2 Å². The predicted octanol–water partition coefficient (Wildman–Crippen LogP) is 3.98. The number of benzene rings is 1. The summed E-state index contributed by atoms with van der Waals surface area (Å²) in [4.78, 5) is 30.0. The molecule has 186 valence electrons. The fourth-order valence-corrected chi connectivity index (χ4v) is 4.47. The summed E-state index contributed by atoms with van der Waals surface area (Å²) in [5.41, 5.74) is 1.60.